The van der Waals surface area contributed by atoms with Gasteiger partial charge in [-0.2, -0.15) is 5.26 Å². The summed E-state index contributed by atoms with van der Waals surface area (Å²) in [5.41, 5.74) is 0.194. The summed E-state index contributed by atoms with van der Waals surface area (Å²) < 4.78 is 0.242. The van der Waals surface area contributed by atoms with Crippen LogP contribution in [0.4, 0.5) is 0 Å². The van der Waals surface area contributed by atoms with Gasteiger partial charge in [0.15, 0.2) is 10.4 Å². The van der Waals surface area contributed by atoms with Crippen molar-refractivity contribution in [3.63, 3.8) is 0 Å². The number of thiazole rings is 1. The second-order valence-electron chi connectivity index (χ2n) is 1.93. The lowest BCUT2D eigenvalue weighted by Crippen LogP contribution is -2.09. The predicted octanol–water partition coefficient (Wildman–Crippen LogP) is 1.49. The van der Waals surface area contributed by atoms with E-state index in [0.717, 1.165) is 11.3 Å². The monoisotopic (exact) mass is 202 g/mol. The number of hydrogen-bond acceptors (Lipinski definition) is 4. The highest BCUT2D eigenvalue weighted by Crippen LogP contribution is 2.21. The Morgan fingerprint density at radius 2 is 2.58 bits per heavy atom. The fraction of sp³-hybridized carbons (Fsp3) is 0.167. The Bertz CT molecular complexity index is 344. The first-order chi connectivity index (χ1) is 5.65. The molecule has 4 nitrogen and oxygen atoms in total. The number of rotatable bonds is 2. The van der Waals surface area contributed by atoms with Crippen LogP contribution in [0.15, 0.2) is 5.38 Å². The Hall–Kier alpha value is -1.12. The molecule has 1 aromatic heterocycles. The standard InChI is InChI=1S/C6H3ClN2O2S/c7-6-9-4(2-12-6)3(1-8)5(10)11/h2-3H,(H,10,11). The van der Waals surface area contributed by atoms with Gasteiger partial charge in [-0.15, -0.1) is 11.3 Å². The van der Waals surface area contributed by atoms with E-state index in [9.17, 15) is 4.79 Å². The molecule has 1 atom stereocenters. The number of carboxylic acids is 1. The van der Waals surface area contributed by atoms with E-state index >= 15 is 0 Å². The Morgan fingerprint density at radius 1 is 1.92 bits per heavy atom. The smallest absolute Gasteiger partial charge is 0.327 e. The van der Waals surface area contributed by atoms with Crippen LogP contribution in [0.3, 0.4) is 0 Å². The highest BCUT2D eigenvalue weighted by Gasteiger charge is 2.21. The van der Waals surface area contributed by atoms with Crippen molar-refractivity contribution >= 4 is 28.9 Å². The second-order valence-corrected chi connectivity index (χ2v) is 3.37. The van der Waals surface area contributed by atoms with Gasteiger partial charge in [-0.1, -0.05) is 11.6 Å². The zero-order chi connectivity index (χ0) is 9.14. The normalized spacial score (nSPS) is 12.0. The molecule has 0 aliphatic rings. The largest absolute Gasteiger partial charge is 0.480 e. The van der Waals surface area contributed by atoms with Crippen LogP contribution in [-0.2, 0) is 4.79 Å². The summed E-state index contributed by atoms with van der Waals surface area (Å²) in [5, 5.41) is 18.4. The molecule has 1 heterocycles. The molecule has 0 aliphatic heterocycles. The van der Waals surface area contributed by atoms with E-state index in [1.165, 1.54) is 5.38 Å². The topological polar surface area (TPSA) is 74.0 Å². The van der Waals surface area contributed by atoms with Gasteiger partial charge in [-0.3, -0.25) is 4.79 Å². The fourth-order valence-electron chi connectivity index (χ4n) is 0.644. The highest BCUT2D eigenvalue weighted by molar-refractivity contribution is 7.14. The van der Waals surface area contributed by atoms with Crippen molar-refractivity contribution < 1.29 is 9.90 Å². The minimum Gasteiger partial charge on any atom is -0.480 e. The molecule has 62 valence electrons. The number of carboxylic acid groups (broad SMARTS) is 1. The van der Waals surface area contributed by atoms with Crippen molar-refractivity contribution in [3.8, 4) is 6.07 Å². The molecular weight excluding hydrogens is 200 g/mol. The molecule has 0 fully saturated rings. The third kappa shape index (κ3) is 1.72. The molecule has 1 aromatic rings. The molecule has 1 N–H and O–H groups in total. The average molecular weight is 203 g/mol. The van der Waals surface area contributed by atoms with Crippen LogP contribution in [0.1, 0.15) is 11.6 Å². The van der Waals surface area contributed by atoms with Crippen LogP contribution >= 0.6 is 22.9 Å². The van der Waals surface area contributed by atoms with Crippen molar-refractivity contribution in [3.05, 3.63) is 15.5 Å². The highest BCUT2D eigenvalue weighted by atomic mass is 35.5. The summed E-state index contributed by atoms with van der Waals surface area (Å²) in [5.74, 6) is -2.42. The first-order valence-corrected chi connectivity index (χ1v) is 4.14. The number of aromatic nitrogens is 1. The number of aliphatic carboxylic acids is 1. The quantitative estimate of drug-likeness (QED) is 0.789. The lowest BCUT2D eigenvalue weighted by Gasteiger charge is -1.96. The molecule has 0 saturated heterocycles. The van der Waals surface area contributed by atoms with Gasteiger partial charge < -0.3 is 5.11 Å². The Kier molecular flexibility index (Phi) is 2.63. The number of hydrogen-bond donors (Lipinski definition) is 1. The lowest BCUT2D eigenvalue weighted by atomic mass is 10.1. The van der Waals surface area contributed by atoms with Crippen LogP contribution < -0.4 is 0 Å². The SMILES string of the molecule is N#CC(C(=O)O)c1csc(Cl)n1. The third-order valence-electron chi connectivity index (χ3n) is 1.17. The van der Waals surface area contributed by atoms with Gasteiger partial charge in [0.25, 0.3) is 0 Å². The van der Waals surface area contributed by atoms with Crippen molar-refractivity contribution in [2.45, 2.75) is 5.92 Å². The summed E-state index contributed by atoms with van der Waals surface area (Å²) in [6, 6.07) is 1.62. The number of nitriles is 1. The van der Waals surface area contributed by atoms with Crippen LogP contribution in [0, 0.1) is 11.3 Å². The maximum Gasteiger partial charge on any atom is 0.327 e. The lowest BCUT2D eigenvalue weighted by molar-refractivity contribution is -0.137. The molecule has 1 rings (SSSR count). The zero-order valence-corrected chi connectivity index (χ0v) is 7.26. The van der Waals surface area contributed by atoms with Crippen LogP contribution in [0.5, 0.6) is 0 Å². The molecule has 0 radical (unpaired) electrons. The maximum absolute atomic E-state index is 10.4. The maximum atomic E-state index is 10.4. The van der Waals surface area contributed by atoms with Gasteiger partial charge in [0, 0.05) is 5.38 Å². The Labute approximate surface area is 77.0 Å². The van der Waals surface area contributed by atoms with Gasteiger partial charge in [-0.25, -0.2) is 4.98 Å². The van der Waals surface area contributed by atoms with E-state index in [1.807, 2.05) is 0 Å². The molecule has 0 aliphatic carbocycles. The molecular formula is C6H3ClN2O2S. The molecule has 0 saturated carbocycles. The van der Waals surface area contributed by atoms with E-state index in [4.69, 9.17) is 22.0 Å². The molecule has 0 spiro atoms. The number of halogens is 1. The third-order valence-corrected chi connectivity index (χ3v) is 2.16. The van der Waals surface area contributed by atoms with Crippen LogP contribution in [0.25, 0.3) is 0 Å². The van der Waals surface area contributed by atoms with Crippen molar-refractivity contribution in [2.24, 2.45) is 0 Å². The molecule has 0 amide bonds. The average Bonchev–Trinajstić information content (AvgIpc) is 2.37. The first kappa shape index (κ1) is 8.97. The minimum absolute atomic E-state index is 0.194. The summed E-state index contributed by atoms with van der Waals surface area (Å²) in [6.45, 7) is 0. The van der Waals surface area contributed by atoms with Gasteiger partial charge in [0.05, 0.1) is 11.8 Å². The molecule has 12 heavy (non-hydrogen) atoms. The Morgan fingerprint density at radius 3 is 2.92 bits per heavy atom. The molecule has 0 bridgehead atoms. The van der Waals surface area contributed by atoms with E-state index in [1.54, 1.807) is 6.07 Å². The van der Waals surface area contributed by atoms with Crippen molar-refractivity contribution in [1.29, 1.82) is 5.26 Å². The van der Waals surface area contributed by atoms with E-state index < -0.39 is 11.9 Å². The number of nitrogens with zero attached hydrogens (tertiary/aromatic N) is 2. The molecule has 6 heteroatoms. The summed E-state index contributed by atoms with van der Waals surface area (Å²) >= 11 is 6.58. The van der Waals surface area contributed by atoms with Gasteiger partial charge in [0.2, 0.25) is 0 Å². The Balaban J connectivity index is 2.97. The fourth-order valence-corrected chi connectivity index (χ4v) is 1.44. The van der Waals surface area contributed by atoms with Gasteiger partial charge in [-0.05, 0) is 0 Å². The number of carbonyl (C=O) groups is 1. The van der Waals surface area contributed by atoms with Gasteiger partial charge >= 0.3 is 5.97 Å². The van der Waals surface area contributed by atoms with Crippen LogP contribution in [-0.4, -0.2) is 16.1 Å². The molecule has 0 aromatic carbocycles. The minimum atomic E-state index is -1.21. The van der Waals surface area contributed by atoms with Crippen molar-refractivity contribution in [1.82, 2.24) is 4.98 Å². The summed E-state index contributed by atoms with van der Waals surface area (Å²) in [7, 11) is 0. The van der Waals surface area contributed by atoms with Crippen molar-refractivity contribution in [2.75, 3.05) is 0 Å². The van der Waals surface area contributed by atoms with Crippen LogP contribution in [0.2, 0.25) is 4.47 Å². The van der Waals surface area contributed by atoms with Gasteiger partial charge in [0.1, 0.15) is 0 Å². The predicted molar refractivity (Wildman–Crippen MR) is 43.1 cm³/mol. The first-order valence-electron chi connectivity index (χ1n) is 2.88. The second kappa shape index (κ2) is 3.52. The van der Waals surface area contributed by atoms with E-state index in [2.05, 4.69) is 4.98 Å². The summed E-state index contributed by atoms with van der Waals surface area (Å²) in [6.07, 6.45) is 0. The summed E-state index contributed by atoms with van der Waals surface area (Å²) in [4.78, 5) is 14.1. The zero-order valence-electron chi connectivity index (χ0n) is 5.69. The van der Waals surface area contributed by atoms with E-state index in [0.29, 0.717) is 0 Å². The molecule has 1 unspecified atom stereocenters. The van der Waals surface area contributed by atoms with E-state index in [-0.39, 0.29) is 10.2 Å².